The number of benzene rings is 1. The third kappa shape index (κ3) is 3.51. The smallest absolute Gasteiger partial charge is 0.243 e. The quantitative estimate of drug-likeness (QED) is 0.836. The summed E-state index contributed by atoms with van der Waals surface area (Å²) in [6, 6.07) is 4.52. The molecule has 1 saturated heterocycles. The summed E-state index contributed by atoms with van der Waals surface area (Å²) in [7, 11) is -7.05. The second-order valence-corrected chi connectivity index (χ2v) is 9.75. The van der Waals surface area contributed by atoms with Gasteiger partial charge < -0.3 is 5.11 Å². The predicted octanol–water partition coefficient (Wildman–Crippen LogP) is 0.474. The number of hydrogen-bond acceptors (Lipinski definition) is 5. The fourth-order valence-electron chi connectivity index (χ4n) is 2.71. The zero-order valence-corrected chi connectivity index (χ0v) is 14.3. The molecule has 1 heterocycles. The first-order valence-corrected chi connectivity index (χ1v) is 10.3. The first-order valence-electron chi connectivity index (χ1n) is 7.08. The SMILES string of the molecule is Cc1ccc(C)c(S(=O)(=O)N(CCO)[C@H]2CCS(=O)(=O)C2)c1. The van der Waals surface area contributed by atoms with E-state index in [1.165, 1.54) is 0 Å². The molecule has 2 rings (SSSR count). The molecule has 1 aliphatic rings. The number of rotatable bonds is 5. The van der Waals surface area contributed by atoms with Crippen LogP contribution in [0.2, 0.25) is 0 Å². The first kappa shape index (κ1) is 17.4. The van der Waals surface area contributed by atoms with Crippen LogP contribution in [0.15, 0.2) is 23.1 Å². The lowest BCUT2D eigenvalue weighted by Crippen LogP contribution is -2.43. The summed E-state index contributed by atoms with van der Waals surface area (Å²) >= 11 is 0. The van der Waals surface area contributed by atoms with Gasteiger partial charge in [0.25, 0.3) is 0 Å². The van der Waals surface area contributed by atoms with Gasteiger partial charge in [0.05, 0.1) is 23.0 Å². The van der Waals surface area contributed by atoms with E-state index in [2.05, 4.69) is 0 Å². The number of aryl methyl sites for hydroxylation is 2. The van der Waals surface area contributed by atoms with Gasteiger partial charge in [-0.3, -0.25) is 0 Å². The molecule has 0 radical (unpaired) electrons. The molecule has 1 atom stereocenters. The Bertz CT molecular complexity index is 755. The summed E-state index contributed by atoms with van der Waals surface area (Å²) < 4.78 is 50.3. The Hall–Kier alpha value is -0.960. The molecular formula is C14H21NO5S2. The van der Waals surface area contributed by atoms with Crippen LogP contribution in [0.25, 0.3) is 0 Å². The normalized spacial score (nSPS) is 21.4. The molecule has 0 unspecified atom stereocenters. The van der Waals surface area contributed by atoms with Crippen LogP contribution in [0.3, 0.4) is 0 Å². The van der Waals surface area contributed by atoms with Gasteiger partial charge in [0, 0.05) is 12.6 Å². The van der Waals surface area contributed by atoms with E-state index in [4.69, 9.17) is 0 Å². The molecule has 0 amide bonds. The zero-order valence-electron chi connectivity index (χ0n) is 12.7. The van der Waals surface area contributed by atoms with Crippen molar-refractivity contribution >= 4 is 19.9 Å². The molecule has 22 heavy (non-hydrogen) atoms. The van der Waals surface area contributed by atoms with Crippen molar-refractivity contribution in [2.75, 3.05) is 24.7 Å². The number of aliphatic hydroxyl groups excluding tert-OH is 1. The molecule has 0 aliphatic carbocycles. The molecule has 0 bridgehead atoms. The molecule has 1 aromatic carbocycles. The Morgan fingerprint density at radius 1 is 1.32 bits per heavy atom. The molecule has 0 aromatic heterocycles. The van der Waals surface area contributed by atoms with Crippen LogP contribution >= 0.6 is 0 Å². The van der Waals surface area contributed by atoms with E-state index < -0.39 is 25.9 Å². The lowest BCUT2D eigenvalue weighted by Gasteiger charge is -2.27. The van der Waals surface area contributed by atoms with E-state index in [-0.39, 0.29) is 36.0 Å². The summed E-state index contributed by atoms with van der Waals surface area (Å²) in [5, 5.41) is 9.21. The van der Waals surface area contributed by atoms with Crippen molar-refractivity contribution in [3.63, 3.8) is 0 Å². The topological polar surface area (TPSA) is 91.8 Å². The van der Waals surface area contributed by atoms with E-state index >= 15 is 0 Å². The number of nitrogens with zero attached hydrogens (tertiary/aromatic N) is 1. The predicted molar refractivity (Wildman–Crippen MR) is 84.0 cm³/mol. The highest BCUT2D eigenvalue weighted by molar-refractivity contribution is 7.92. The van der Waals surface area contributed by atoms with Crippen molar-refractivity contribution in [3.05, 3.63) is 29.3 Å². The van der Waals surface area contributed by atoms with Crippen molar-refractivity contribution in [1.29, 1.82) is 0 Å². The molecule has 1 aliphatic heterocycles. The van der Waals surface area contributed by atoms with Crippen LogP contribution in [0.1, 0.15) is 17.5 Å². The van der Waals surface area contributed by atoms with Crippen molar-refractivity contribution in [3.8, 4) is 0 Å². The number of aliphatic hydroxyl groups is 1. The average Bonchev–Trinajstić information content (AvgIpc) is 2.78. The van der Waals surface area contributed by atoms with Gasteiger partial charge in [-0.1, -0.05) is 12.1 Å². The fraction of sp³-hybridized carbons (Fsp3) is 0.571. The van der Waals surface area contributed by atoms with Crippen molar-refractivity contribution in [2.24, 2.45) is 0 Å². The summed E-state index contributed by atoms with van der Waals surface area (Å²) in [6.45, 7) is 3.06. The van der Waals surface area contributed by atoms with Gasteiger partial charge in [-0.05, 0) is 37.5 Å². The Kier molecular flexibility index (Phi) is 4.96. The summed E-state index contributed by atoms with van der Waals surface area (Å²) in [6.07, 6.45) is 0.270. The standard InChI is InChI=1S/C14H21NO5S2/c1-11-3-4-12(2)14(9-11)22(19,20)15(6-7-16)13-5-8-21(17,18)10-13/h3-4,9,13,16H,5-8,10H2,1-2H3/t13-/m0/s1. The fourth-order valence-corrected chi connectivity index (χ4v) is 6.49. The van der Waals surface area contributed by atoms with Crippen molar-refractivity contribution in [2.45, 2.75) is 31.2 Å². The third-order valence-corrected chi connectivity index (χ3v) is 7.71. The van der Waals surface area contributed by atoms with Crippen LogP contribution in [0, 0.1) is 13.8 Å². The molecule has 8 heteroatoms. The van der Waals surface area contributed by atoms with E-state index in [0.29, 0.717) is 5.56 Å². The van der Waals surface area contributed by atoms with Gasteiger partial charge in [-0.15, -0.1) is 0 Å². The molecule has 1 fully saturated rings. The second kappa shape index (κ2) is 6.27. The number of sulfonamides is 1. The highest BCUT2D eigenvalue weighted by Crippen LogP contribution is 2.27. The highest BCUT2D eigenvalue weighted by Gasteiger charge is 2.38. The van der Waals surface area contributed by atoms with E-state index in [0.717, 1.165) is 9.87 Å². The summed E-state index contributed by atoms with van der Waals surface area (Å²) in [5.41, 5.74) is 1.42. The van der Waals surface area contributed by atoms with E-state index in [1.54, 1.807) is 26.0 Å². The van der Waals surface area contributed by atoms with Gasteiger partial charge in [0.1, 0.15) is 0 Å². The molecule has 0 spiro atoms. The van der Waals surface area contributed by atoms with Crippen molar-refractivity contribution < 1.29 is 21.9 Å². The van der Waals surface area contributed by atoms with Gasteiger partial charge in [0.15, 0.2) is 9.84 Å². The third-order valence-electron chi connectivity index (χ3n) is 3.87. The molecule has 124 valence electrons. The van der Waals surface area contributed by atoms with Crippen LogP contribution in [0.4, 0.5) is 0 Å². The maximum Gasteiger partial charge on any atom is 0.243 e. The Morgan fingerprint density at radius 2 is 2.00 bits per heavy atom. The highest BCUT2D eigenvalue weighted by atomic mass is 32.2. The average molecular weight is 347 g/mol. The maximum absolute atomic E-state index is 12.9. The van der Waals surface area contributed by atoms with Crippen LogP contribution in [-0.2, 0) is 19.9 Å². The molecule has 1 N–H and O–H groups in total. The minimum Gasteiger partial charge on any atom is -0.395 e. The van der Waals surface area contributed by atoms with E-state index in [1.807, 2.05) is 6.07 Å². The lowest BCUT2D eigenvalue weighted by molar-refractivity contribution is 0.232. The minimum absolute atomic E-state index is 0.0120. The largest absolute Gasteiger partial charge is 0.395 e. The zero-order chi connectivity index (χ0) is 16.5. The van der Waals surface area contributed by atoms with Gasteiger partial charge in [0.2, 0.25) is 10.0 Å². The molecular weight excluding hydrogens is 326 g/mol. The Morgan fingerprint density at radius 3 is 2.55 bits per heavy atom. The number of sulfone groups is 1. The summed E-state index contributed by atoms with van der Waals surface area (Å²) in [5.74, 6) is -0.195. The maximum atomic E-state index is 12.9. The van der Waals surface area contributed by atoms with Gasteiger partial charge in [-0.2, -0.15) is 4.31 Å². The lowest BCUT2D eigenvalue weighted by atomic mass is 10.2. The van der Waals surface area contributed by atoms with Gasteiger partial charge in [-0.25, -0.2) is 16.8 Å². The Balaban J connectivity index is 2.45. The first-order chi connectivity index (χ1) is 10.2. The minimum atomic E-state index is -3.84. The van der Waals surface area contributed by atoms with Gasteiger partial charge >= 0.3 is 0 Å². The summed E-state index contributed by atoms with van der Waals surface area (Å²) in [4.78, 5) is 0.172. The monoisotopic (exact) mass is 347 g/mol. The molecule has 6 nitrogen and oxygen atoms in total. The second-order valence-electron chi connectivity index (χ2n) is 5.67. The number of hydrogen-bond donors (Lipinski definition) is 1. The van der Waals surface area contributed by atoms with Crippen LogP contribution in [-0.4, -0.2) is 56.9 Å². The van der Waals surface area contributed by atoms with E-state index in [9.17, 15) is 21.9 Å². The van der Waals surface area contributed by atoms with Crippen LogP contribution in [0.5, 0.6) is 0 Å². The molecule has 1 aromatic rings. The van der Waals surface area contributed by atoms with Crippen molar-refractivity contribution in [1.82, 2.24) is 4.31 Å². The molecule has 0 saturated carbocycles. The van der Waals surface area contributed by atoms with Crippen LogP contribution < -0.4 is 0 Å². The Labute approximate surface area is 131 Å².